The number of hydrogen-bond acceptors (Lipinski definition) is 2. The highest BCUT2D eigenvalue weighted by Crippen LogP contribution is 2.41. The van der Waals surface area contributed by atoms with E-state index in [1.54, 1.807) is 0 Å². The second-order valence-corrected chi connectivity index (χ2v) is 7.60. The molecule has 1 aliphatic carbocycles. The van der Waals surface area contributed by atoms with Crippen molar-refractivity contribution in [3.05, 3.63) is 53.3 Å². The third kappa shape index (κ3) is 5.12. The second-order valence-electron chi connectivity index (χ2n) is 7.60. The van der Waals surface area contributed by atoms with E-state index in [0.29, 0.717) is 0 Å². The van der Waals surface area contributed by atoms with Crippen LogP contribution in [0.1, 0.15) is 55.8 Å². The molecule has 5 nitrogen and oxygen atoms in total. The monoisotopic (exact) mass is 367 g/mol. The summed E-state index contributed by atoms with van der Waals surface area (Å²) in [4.78, 5) is 4.97. The summed E-state index contributed by atoms with van der Waals surface area (Å²) in [5.41, 5.74) is 4.12. The summed E-state index contributed by atoms with van der Waals surface area (Å²) in [6.07, 6.45) is 9.10. The summed E-state index contributed by atoms with van der Waals surface area (Å²) >= 11 is 0. The first-order valence-corrected chi connectivity index (χ1v) is 10.3. The molecule has 0 saturated heterocycles. The van der Waals surface area contributed by atoms with Crippen molar-refractivity contribution in [2.75, 3.05) is 19.6 Å². The van der Waals surface area contributed by atoms with Gasteiger partial charge >= 0.3 is 0 Å². The predicted octanol–water partition coefficient (Wildman–Crippen LogP) is 3.72. The molecular formula is C22H33N5. The summed E-state index contributed by atoms with van der Waals surface area (Å²) in [7, 11) is 0. The van der Waals surface area contributed by atoms with Crippen molar-refractivity contribution in [3.63, 3.8) is 0 Å². The van der Waals surface area contributed by atoms with Gasteiger partial charge in [0, 0.05) is 24.2 Å². The summed E-state index contributed by atoms with van der Waals surface area (Å²) in [6, 6.07) is 11.0. The van der Waals surface area contributed by atoms with Crippen LogP contribution < -0.4 is 10.6 Å². The van der Waals surface area contributed by atoms with Crippen molar-refractivity contribution >= 4 is 5.96 Å². The number of aryl methyl sites for hydroxylation is 2. The van der Waals surface area contributed by atoms with Crippen molar-refractivity contribution in [1.82, 2.24) is 20.8 Å². The molecule has 146 valence electrons. The van der Waals surface area contributed by atoms with E-state index in [-0.39, 0.29) is 5.41 Å². The van der Waals surface area contributed by atoms with Gasteiger partial charge in [0.2, 0.25) is 0 Å². The van der Waals surface area contributed by atoms with E-state index < -0.39 is 0 Å². The fourth-order valence-electron chi connectivity index (χ4n) is 4.07. The van der Waals surface area contributed by atoms with Crippen LogP contribution in [0, 0.1) is 6.92 Å². The molecule has 1 aromatic carbocycles. The SMILES string of the molecule is CCNC(=NCC1(c2ccccc2)CCCC1)NCCCc1cn[nH]c1C. The molecule has 0 aliphatic heterocycles. The Bertz CT molecular complexity index is 713. The van der Waals surface area contributed by atoms with Crippen LogP contribution in [0.3, 0.4) is 0 Å². The van der Waals surface area contributed by atoms with Crippen molar-refractivity contribution in [3.8, 4) is 0 Å². The first-order valence-electron chi connectivity index (χ1n) is 10.3. The molecular weight excluding hydrogens is 334 g/mol. The molecule has 0 amide bonds. The number of aromatic nitrogens is 2. The van der Waals surface area contributed by atoms with Gasteiger partial charge in [0.15, 0.2) is 5.96 Å². The quantitative estimate of drug-likeness (QED) is 0.378. The zero-order valence-electron chi connectivity index (χ0n) is 16.7. The van der Waals surface area contributed by atoms with Gasteiger partial charge in [-0.05, 0) is 50.7 Å². The van der Waals surface area contributed by atoms with Gasteiger partial charge in [-0.2, -0.15) is 5.10 Å². The van der Waals surface area contributed by atoms with Crippen molar-refractivity contribution in [2.45, 2.75) is 57.8 Å². The average molecular weight is 368 g/mol. The average Bonchev–Trinajstić information content (AvgIpc) is 3.34. The van der Waals surface area contributed by atoms with Gasteiger partial charge in [-0.1, -0.05) is 43.2 Å². The Balaban J connectivity index is 1.58. The van der Waals surface area contributed by atoms with E-state index in [2.05, 4.69) is 65.0 Å². The van der Waals surface area contributed by atoms with Crippen LogP contribution in [-0.4, -0.2) is 35.8 Å². The van der Waals surface area contributed by atoms with Crippen LogP contribution in [0.25, 0.3) is 0 Å². The normalized spacial score (nSPS) is 16.4. The minimum Gasteiger partial charge on any atom is -0.357 e. The maximum atomic E-state index is 4.97. The summed E-state index contributed by atoms with van der Waals surface area (Å²) in [5, 5.41) is 14.0. The Labute approximate surface area is 163 Å². The molecule has 0 radical (unpaired) electrons. The highest BCUT2D eigenvalue weighted by molar-refractivity contribution is 5.79. The maximum absolute atomic E-state index is 4.97. The van der Waals surface area contributed by atoms with Crippen molar-refractivity contribution in [1.29, 1.82) is 0 Å². The molecule has 2 aromatic rings. The minimum atomic E-state index is 0.206. The first-order chi connectivity index (χ1) is 13.2. The Morgan fingerprint density at radius 1 is 1.19 bits per heavy atom. The molecule has 3 N–H and O–H groups in total. The fourth-order valence-corrected chi connectivity index (χ4v) is 4.07. The summed E-state index contributed by atoms with van der Waals surface area (Å²) in [5.74, 6) is 0.934. The first kappa shape index (κ1) is 19.5. The Morgan fingerprint density at radius 2 is 1.96 bits per heavy atom. The molecule has 0 spiro atoms. The Morgan fingerprint density at radius 3 is 2.63 bits per heavy atom. The van der Waals surface area contributed by atoms with E-state index >= 15 is 0 Å². The molecule has 0 unspecified atom stereocenters. The minimum absolute atomic E-state index is 0.206. The number of nitrogens with zero attached hydrogens (tertiary/aromatic N) is 2. The van der Waals surface area contributed by atoms with Crippen LogP contribution in [0.4, 0.5) is 0 Å². The van der Waals surface area contributed by atoms with E-state index in [1.807, 2.05) is 6.20 Å². The second kappa shape index (κ2) is 9.58. The summed E-state index contributed by atoms with van der Waals surface area (Å²) < 4.78 is 0. The largest absolute Gasteiger partial charge is 0.357 e. The van der Waals surface area contributed by atoms with Crippen molar-refractivity contribution in [2.24, 2.45) is 4.99 Å². The lowest BCUT2D eigenvalue weighted by Gasteiger charge is -2.28. The molecule has 3 rings (SSSR count). The number of hydrogen-bond donors (Lipinski definition) is 3. The van der Waals surface area contributed by atoms with Crippen molar-refractivity contribution < 1.29 is 0 Å². The lowest BCUT2D eigenvalue weighted by molar-refractivity contribution is 0.452. The number of aromatic amines is 1. The van der Waals surface area contributed by atoms with Crippen LogP contribution >= 0.6 is 0 Å². The topological polar surface area (TPSA) is 65.1 Å². The highest BCUT2D eigenvalue weighted by atomic mass is 15.2. The van der Waals surface area contributed by atoms with E-state index in [4.69, 9.17) is 4.99 Å². The number of H-pyrrole nitrogens is 1. The zero-order valence-corrected chi connectivity index (χ0v) is 16.7. The third-order valence-corrected chi connectivity index (χ3v) is 5.68. The molecule has 27 heavy (non-hydrogen) atoms. The molecule has 5 heteroatoms. The molecule has 1 heterocycles. The van der Waals surface area contributed by atoms with E-state index in [1.165, 1.54) is 42.5 Å². The van der Waals surface area contributed by atoms with Gasteiger partial charge in [-0.3, -0.25) is 10.1 Å². The maximum Gasteiger partial charge on any atom is 0.191 e. The van der Waals surface area contributed by atoms with Crippen LogP contribution in [-0.2, 0) is 11.8 Å². The van der Waals surface area contributed by atoms with Crippen LogP contribution in [0.5, 0.6) is 0 Å². The fraction of sp³-hybridized carbons (Fsp3) is 0.545. The molecule has 1 saturated carbocycles. The van der Waals surface area contributed by atoms with Gasteiger partial charge in [0.25, 0.3) is 0 Å². The number of rotatable bonds is 8. The number of guanidine groups is 1. The van der Waals surface area contributed by atoms with E-state index in [9.17, 15) is 0 Å². The smallest absolute Gasteiger partial charge is 0.191 e. The Hall–Kier alpha value is -2.30. The number of aliphatic imine (C=N–C) groups is 1. The molecule has 0 atom stereocenters. The standard InChI is InChI=1S/C22H33N5/c1-3-23-21(24-15-9-10-19-16-26-27-18(19)2)25-17-22(13-7-8-14-22)20-11-5-4-6-12-20/h4-6,11-12,16H,3,7-10,13-15,17H2,1-2H3,(H,26,27)(H2,23,24,25). The Kier molecular flexibility index (Phi) is 6.91. The third-order valence-electron chi connectivity index (χ3n) is 5.68. The predicted molar refractivity (Wildman–Crippen MR) is 112 cm³/mol. The van der Waals surface area contributed by atoms with Gasteiger partial charge < -0.3 is 10.6 Å². The van der Waals surface area contributed by atoms with E-state index in [0.717, 1.165) is 38.4 Å². The lowest BCUT2D eigenvalue weighted by atomic mass is 9.79. The van der Waals surface area contributed by atoms with Gasteiger partial charge in [0.05, 0.1) is 12.7 Å². The van der Waals surface area contributed by atoms with Crippen LogP contribution in [0.2, 0.25) is 0 Å². The van der Waals surface area contributed by atoms with Gasteiger partial charge in [-0.15, -0.1) is 0 Å². The zero-order chi connectivity index (χ0) is 19.0. The highest BCUT2D eigenvalue weighted by Gasteiger charge is 2.35. The van der Waals surface area contributed by atoms with Gasteiger partial charge in [0.1, 0.15) is 0 Å². The molecule has 1 aliphatic rings. The van der Waals surface area contributed by atoms with Crippen LogP contribution in [0.15, 0.2) is 41.5 Å². The molecule has 1 fully saturated rings. The molecule has 1 aromatic heterocycles. The lowest BCUT2D eigenvalue weighted by Crippen LogP contribution is -2.39. The number of nitrogens with one attached hydrogen (secondary N) is 3. The number of benzene rings is 1. The van der Waals surface area contributed by atoms with Gasteiger partial charge in [-0.25, -0.2) is 0 Å². The molecule has 0 bridgehead atoms. The summed E-state index contributed by atoms with van der Waals surface area (Å²) in [6.45, 7) is 6.84.